The van der Waals surface area contributed by atoms with Crippen molar-refractivity contribution in [3.05, 3.63) is 0 Å². The van der Waals surface area contributed by atoms with Crippen LogP contribution in [0.15, 0.2) is 0 Å². The Hall–Kier alpha value is -1.10. The van der Waals surface area contributed by atoms with Gasteiger partial charge in [0.25, 0.3) is 0 Å². The maximum absolute atomic E-state index is 11.5. The lowest BCUT2D eigenvalue weighted by molar-refractivity contribution is -0.130. The highest BCUT2D eigenvalue weighted by Gasteiger charge is 2.28. The first-order valence-corrected chi connectivity index (χ1v) is 5.10. The zero-order chi connectivity index (χ0) is 11.5. The number of nitrogens with one attached hydrogen (secondary N) is 1. The average Bonchev–Trinajstić information content (AvgIpc) is 2.54. The minimum Gasteiger partial charge on any atom is -0.381 e. The van der Waals surface area contributed by atoms with Gasteiger partial charge < -0.3 is 15.8 Å². The van der Waals surface area contributed by atoms with Crippen LogP contribution in [-0.4, -0.2) is 30.6 Å². The van der Waals surface area contributed by atoms with Gasteiger partial charge in [-0.25, -0.2) is 0 Å². The smallest absolute Gasteiger partial charge is 0.242 e. The molecule has 1 aliphatic heterocycles. The molecule has 0 radical (unpaired) electrons. The number of carbonyl (C=O) groups is 2. The highest BCUT2D eigenvalue weighted by molar-refractivity contribution is 5.89. The van der Waals surface area contributed by atoms with Crippen LogP contribution in [0.3, 0.4) is 0 Å². The SMILES string of the molecule is CC(C)(NC(=O)C[C@@H]1CCOC1)C(N)=O. The molecule has 0 saturated carbocycles. The molecule has 0 unspecified atom stereocenters. The van der Waals surface area contributed by atoms with Crippen molar-refractivity contribution in [1.82, 2.24) is 5.32 Å². The van der Waals surface area contributed by atoms with Crippen molar-refractivity contribution in [3.63, 3.8) is 0 Å². The first-order valence-electron chi connectivity index (χ1n) is 5.10. The zero-order valence-corrected chi connectivity index (χ0v) is 9.21. The minimum absolute atomic E-state index is 0.144. The van der Waals surface area contributed by atoms with Gasteiger partial charge in [-0.15, -0.1) is 0 Å². The highest BCUT2D eigenvalue weighted by atomic mass is 16.5. The van der Waals surface area contributed by atoms with E-state index in [2.05, 4.69) is 5.32 Å². The van der Waals surface area contributed by atoms with Crippen LogP contribution in [-0.2, 0) is 14.3 Å². The van der Waals surface area contributed by atoms with E-state index in [0.717, 1.165) is 13.0 Å². The second kappa shape index (κ2) is 4.61. The lowest BCUT2D eigenvalue weighted by atomic mass is 10.0. The summed E-state index contributed by atoms with van der Waals surface area (Å²) < 4.78 is 5.16. The molecular formula is C10H18N2O3. The number of hydrogen-bond donors (Lipinski definition) is 2. The summed E-state index contributed by atoms with van der Waals surface area (Å²) in [6.45, 7) is 4.54. The molecule has 5 heteroatoms. The molecule has 15 heavy (non-hydrogen) atoms. The van der Waals surface area contributed by atoms with E-state index in [1.807, 2.05) is 0 Å². The Bertz CT molecular complexity index is 257. The summed E-state index contributed by atoms with van der Waals surface area (Å²) in [5, 5.41) is 2.61. The van der Waals surface area contributed by atoms with E-state index < -0.39 is 11.4 Å². The van der Waals surface area contributed by atoms with Gasteiger partial charge in [0.2, 0.25) is 11.8 Å². The van der Waals surface area contributed by atoms with Crippen molar-refractivity contribution in [2.75, 3.05) is 13.2 Å². The van der Waals surface area contributed by atoms with Crippen molar-refractivity contribution in [3.8, 4) is 0 Å². The fourth-order valence-corrected chi connectivity index (χ4v) is 1.47. The molecule has 1 aliphatic rings. The normalized spacial score (nSPS) is 21.3. The molecule has 1 heterocycles. The summed E-state index contributed by atoms with van der Waals surface area (Å²) in [5.41, 5.74) is 4.17. The zero-order valence-electron chi connectivity index (χ0n) is 9.21. The van der Waals surface area contributed by atoms with E-state index in [4.69, 9.17) is 10.5 Å². The molecule has 86 valence electrons. The average molecular weight is 214 g/mol. The van der Waals surface area contributed by atoms with E-state index >= 15 is 0 Å². The number of amides is 2. The van der Waals surface area contributed by atoms with E-state index in [1.165, 1.54) is 0 Å². The van der Waals surface area contributed by atoms with Crippen LogP contribution in [0.25, 0.3) is 0 Å². The van der Waals surface area contributed by atoms with Gasteiger partial charge in [0.05, 0.1) is 0 Å². The van der Waals surface area contributed by atoms with Crippen molar-refractivity contribution < 1.29 is 14.3 Å². The number of nitrogens with two attached hydrogens (primary N) is 1. The number of hydrogen-bond acceptors (Lipinski definition) is 3. The molecule has 0 aliphatic carbocycles. The van der Waals surface area contributed by atoms with Crippen LogP contribution >= 0.6 is 0 Å². The molecule has 2 amide bonds. The third-order valence-corrected chi connectivity index (χ3v) is 2.57. The van der Waals surface area contributed by atoms with Gasteiger partial charge in [0, 0.05) is 19.6 Å². The predicted molar refractivity (Wildman–Crippen MR) is 55.0 cm³/mol. The molecule has 1 fully saturated rings. The Morgan fingerprint density at radius 1 is 1.53 bits per heavy atom. The maximum atomic E-state index is 11.5. The lowest BCUT2D eigenvalue weighted by Crippen LogP contribution is -2.53. The van der Waals surface area contributed by atoms with E-state index in [0.29, 0.717) is 13.0 Å². The summed E-state index contributed by atoms with van der Waals surface area (Å²) in [4.78, 5) is 22.5. The Morgan fingerprint density at radius 3 is 2.67 bits per heavy atom. The Kier molecular flexibility index (Phi) is 3.68. The van der Waals surface area contributed by atoms with Gasteiger partial charge in [0.1, 0.15) is 5.54 Å². The van der Waals surface area contributed by atoms with Crippen LogP contribution < -0.4 is 11.1 Å². The van der Waals surface area contributed by atoms with Crippen molar-refractivity contribution >= 4 is 11.8 Å². The molecular weight excluding hydrogens is 196 g/mol. The molecule has 1 rings (SSSR count). The molecule has 0 bridgehead atoms. The van der Waals surface area contributed by atoms with Crippen LogP contribution in [0.1, 0.15) is 26.7 Å². The monoisotopic (exact) mass is 214 g/mol. The van der Waals surface area contributed by atoms with Gasteiger partial charge in [-0.1, -0.05) is 0 Å². The summed E-state index contributed by atoms with van der Waals surface area (Å²) >= 11 is 0. The largest absolute Gasteiger partial charge is 0.381 e. The standard InChI is InChI=1S/C10H18N2O3/c1-10(2,9(11)14)12-8(13)5-7-3-4-15-6-7/h7H,3-6H2,1-2H3,(H2,11,14)(H,12,13)/t7-/m0/s1. The molecule has 5 nitrogen and oxygen atoms in total. The molecule has 3 N–H and O–H groups in total. The van der Waals surface area contributed by atoms with Gasteiger partial charge in [-0.3, -0.25) is 9.59 Å². The molecule has 1 atom stereocenters. The lowest BCUT2D eigenvalue weighted by Gasteiger charge is -2.22. The van der Waals surface area contributed by atoms with E-state index in [1.54, 1.807) is 13.8 Å². The van der Waals surface area contributed by atoms with Crippen molar-refractivity contribution in [2.24, 2.45) is 11.7 Å². The fourth-order valence-electron chi connectivity index (χ4n) is 1.47. The fraction of sp³-hybridized carbons (Fsp3) is 0.800. The number of rotatable bonds is 4. The second-order valence-corrected chi connectivity index (χ2v) is 4.47. The Labute approximate surface area is 89.3 Å². The highest BCUT2D eigenvalue weighted by Crippen LogP contribution is 2.16. The number of ether oxygens (including phenoxy) is 1. The minimum atomic E-state index is -0.976. The van der Waals surface area contributed by atoms with E-state index in [-0.39, 0.29) is 11.8 Å². The van der Waals surface area contributed by atoms with Gasteiger partial charge in [-0.2, -0.15) is 0 Å². The molecule has 0 aromatic rings. The Balaban J connectivity index is 2.38. The van der Waals surface area contributed by atoms with Gasteiger partial charge in [-0.05, 0) is 26.2 Å². The summed E-state index contributed by atoms with van der Waals surface area (Å²) in [7, 11) is 0. The quantitative estimate of drug-likeness (QED) is 0.679. The Morgan fingerprint density at radius 2 is 2.20 bits per heavy atom. The molecule has 0 aromatic heterocycles. The third kappa shape index (κ3) is 3.51. The molecule has 0 aromatic carbocycles. The number of primary amides is 1. The first-order chi connectivity index (χ1) is 6.92. The summed E-state index contributed by atoms with van der Waals surface area (Å²) in [5.74, 6) is -0.401. The topological polar surface area (TPSA) is 81.4 Å². The number of carbonyl (C=O) groups excluding carboxylic acids is 2. The predicted octanol–water partition coefficient (Wildman–Crippen LogP) is -0.207. The molecule has 0 spiro atoms. The van der Waals surface area contributed by atoms with Crippen molar-refractivity contribution in [1.29, 1.82) is 0 Å². The third-order valence-electron chi connectivity index (χ3n) is 2.57. The van der Waals surface area contributed by atoms with Crippen LogP contribution in [0.5, 0.6) is 0 Å². The maximum Gasteiger partial charge on any atom is 0.242 e. The first kappa shape index (κ1) is 12.0. The van der Waals surface area contributed by atoms with Gasteiger partial charge >= 0.3 is 0 Å². The summed E-state index contributed by atoms with van der Waals surface area (Å²) in [6, 6.07) is 0. The van der Waals surface area contributed by atoms with E-state index in [9.17, 15) is 9.59 Å². The van der Waals surface area contributed by atoms with Gasteiger partial charge in [0.15, 0.2) is 0 Å². The van der Waals surface area contributed by atoms with Crippen molar-refractivity contribution in [2.45, 2.75) is 32.2 Å². The van der Waals surface area contributed by atoms with Crippen LogP contribution in [0.4, 0.5) is 0 Å². The van der Waals surface area contributed by atoms with Crippen LogP contribution in [0.2, 0.25) is 0 Å². The van der Waals surface area contributed by atoms with Crippen LogP contribution in [0, 0.1) is 5.92 Å². The summed E-state index contributed by atoms with van der Waals surface area (Å²) in [6.07, 6.45) is 1.31. The molecule has 1 saturated heterocycles. The second-order valence-electron chi connectivity index (χ2n) is 4.47.